The van der Waals surface area contributed by atoms with Gasteiger partial charge in [0.25, 0.3) is 0 Å². The highest BCUT2D eigenvalue weighted by Crippen LogP contribution is 2.47. The minimum Gasteiger partial charge on any atom is -0.489 e. The van der Waals surface area contributed by atoms with Crippen molar-refractivity contribution in [3.05, 3.63) is 131 Å². The quantitative estimate of drug-likeness (QED) is 0.346. The maximum Gasteiger partial charge on any atom is 0.149 e. The van der Waals surface area contributed by atoms with E-state index in [0.717, 1.165) is 27.8 Å². The number of rotatable bonds is 6. The van der Waals surface area contributed by atoms with Gasteiger partial charge in [-0.05, 0) is 28.8 Å². The molecule has 4 rings (SSSR count). The fraction of sp³-hybridized carbons (Fsp3) is 0.143. The van der Waals surface area contributed by atoms with E-state index in [0.29, 0.717) is 0 Å². The number of benzene rings is 3. The summed E-state index contributed by atoms with van der Waals surface area (Å²) in [6.07, 6.45) is 8.25. The Labute approximate surface area is 178 Å². The summed E-state index contributed by atoms with van der Waals surface area (Å²) >= 11 is 0. The smallest absolute Gasteiger partial charge is 0.149 e. The monoisotopic (exact) mass is 392 g/mol. The molecule has 2 heteroatoms. The van der Waals surface area contributed by atoms with Crippen molar-refractivity contribution in [2.45, 2.75) is 25.0 Å². The molecule has 0 aliphatic heterocycles. The Morgan fingerprint density at radius 2 is 1.63 bits per heavy atom. The van der Waals surface area contributed by atoms with E-state index < -0.39 is 0 Å². The molecule has 0 fully saturated rings. The lowest BCUT2D eigenvalue weighted by Gasteiger charge is -2.35. The van der Waals surface area contributed by atoms with E-state index in [-0.39, 0.29) is 18.1 Å². The van der Waals surface area contributed by atoms with Crippen LogP contribution in [0.1, 0.15) is 64.0 Å². The summed E-state index contributed by atoms with van der Waals surface area (Å²) < 4.78 is 12.1. The average molecular weight is 392 g/mol. The van der Waals surface area contributed by atoms with E-state index in [1.165, 1.54) is 23.7 Å². The van der Waals surface area contributed by atoms with Crippen molar-refractivity contribution >= 4 is 0 Å². The van der Waals surface area contributed by atoms with Crippen LogP contribution in [0.3, 0.4) is 0 Å². The lowest BCUT2D eigenvalue weighted by molar-refractivity contribution is 0.172. The van der Waals surface area contributed by atoms with Gasteiger partial charge in [0.05, 0.1) is 12.5 Å². The predicted octanol–water partition coefficient (Wildman–Crippen LogP) is 6.63. The minimum absolute atomic E-state index is 0.155. The Hall–Kier alpha value is -3.70. The van der Waals surface area contributed by atoms with Crippen LogP contribution >= 0.6 is 0 Å². The molecule has 1 aliphatic rings. The topological polar surface area (TPSA) is 18.5 Å². The highest BCUT2D eigenvalue weighted by atomic mass is 16.5. The SMILES string of the molecule is C#Cc1cc(C(OC=C)c2ccccc2)c2c(c1)C(OC=C)c1ccccc1C2C. The van der Waals surface area contributed by atoms with Crippen molar-refractivity contribution in [2.75, 3.05) is 0 Å². The fourth-order valence-corrected chi connectivity index (χ4v) is 4.48. The first-order valence-electron chi connectivity index (χ1n) is 10.0. The summed E-state index contributed by atoms with van der Waals surface area (Å²) in [4.78, 5) is 0. The third-order valence-corrected chi connectivity index (χ3v) is 5.72. The van der Waals surface area contributed by atoms with Gasteiger partial charge >= 0.3 is 0 Å². The molecular formula is C28H24O2. The summed E-state index contributed by atoms with van der Waals surface area (Å²) in [5.74, 6) is 2.96. The van der Waals surface area contributed by atoms with Crippen LogP contribution in [0.5, 0.6) is 0 Å². The lowest BCUT2D eigenvalue weighted by atomic mass is 9.73. The third-order valence-electron chi connectivity index (χ3n) is 5.72. The van der Waals surface area contributed by atoms with Crippen LogP contribution in [0, 0.1) is 12.3 Å². The molecule has 3 aromatic rings. The molecule has 1 aliphatic carbocycles. The van der Waals surface area contributed by atoms with Crippen LogP contribution in [-0.2, 0) is 9.47 Å². The highest BCUT2D eigenvalue weighted by molar-refractivity contribution is 5.58. The molecule has 2 nitrogen and oxygen atoms in total. The third kappa shape index (κ3) is 3.29. The van der Waals surface area contributed by atoms with E-state index >= 15 is 0 Å². The summed E-state index contributed by atoms with van der Waals surface area (Å²) in [5, 5.41) is 0. The van der Waals surface area contributed by atoms with Crippen molar-refractivity contribution in [2.24, 2.45) is 0 Å². The molecule has 3 aromatic carbocycles. The van der Waals surface area contributed by atoms with Crippen LogP contribution in [0.2, 0.25) is 0 Å². The van der Waals surface area contributed by atoms with Crippen molar-refractivity contribution < 1.29 is 9.47 Å². The lowest BCUT2D eigenvalue weighted by Crippen LogP contribution is -2.21. The van der Waals surface area contributed by atoms with Gasteiger partial charge in [0.15, 0.2) is 0 Å². The molecule has 0 spiro atoms. The van der Waals surface area contributed by atoms with Gasteiger partial charge in [0, 0.05) is 28.2 Å². The van der Waals surface area contributed by atoms with Gasteiger partial charge in [0.1, 0.15) is 12.2 Å². The first kappa shape index (κ1) is 19.6. The largest absolute Gasteiger partial charge is 0.489 e. The fourth-order valence-electron chi connectivity index (χ4n) is 4.48. The van der Waals surface area contributed by atoms with E-state index in [1.807, 2.05) is 24.3 Å². The molecule has 148 valence electrons. The number of hydrogen-bond donors (Lipinski definition) is 0. The van der Waals surface area contributed by atoms with Crippen molar-refractivity contribution in [3.63, 3.8) is 0 Å². The van der Waals surface area contributed by atoms with Gasteiger partial charge < -0.3 is 9.47 Å². The zero-order valence-corrected chi connectivity index (χ0v) is 17.0. The molecule has 0 bridgehead atoms. The molecule has 0 N–H and O–H groups in total. The van der Waals surface area contributed by atoms with Gasteiger partial charge in [-0.15, -0.1) is 6.42 Å². The summed E-state index contributed by atoms with van der Waals surface area (Å²) in [6, 6.07) is 22.6. The molecular weight excluding hydrogens is 368 g/mol. The second-order valence-corrected chi connectivity index (χ2v) is 7.34. The number of hydrogen-bond acceptors (Lipinski definition) is 2. The maximum atomic E-state index is 6.05. The first-order chi connectivity index (χ1) is 14.7. The van der Waals surface area contributed by atoms with Crippen molar-refractivity contribution in [1.82, 2.24) is 0 Å². The summed E-state index contributed by atoms with van der Waals surface area (Å²) in [6.45, 7) is 9.82. The van der Waals surface area contributed by atoms with E-state index in [9.17, 15) is 0 Å². The van der Waals surface area contributed by atoms with Crippen molar-refractivity contribution in [3.8, 4) is 12.3 Å². The Balaban J connectivity index is 2.01. The Morgan fingerprint density at radius 3 is 2.30 bits per heavy atom. The zero-order valence-electron chi connectivity index (χ0n) is 17.0. The van der Waals surface area contributed by atoms with Gasteiger partial charge in [-0.2, -0.15) is 0 Å². The zero-order chi connectivity index (χ0) is 21.1. The minimum atomic E-state index is -0.317. The Bertz CT molecular complexity index is 1120. The predicted molar refractivity (Wildman–Crippen MR) is 121 cm³/mol. The molecule has 0 heterocycles. The van der Waals surface area contributed by atoms with Crippen LogP contribution in [0.25, 0.3) is 0 Å². The van der Waals surface area contributed by atoms with Gasteiger partial charge in [0.2, 0.25) is 0 Å². The summed E-state index contributed by atoms with van der Waals surface area (Å²) in [5.41, 5.74) is 7.47. The van der Waals surface area contributed by atoms with Gasteiger partial charge in [-0.1, -0.05) is 80.6 Å². The second-order valence-electron chi connectivity index (χ2n) is 7.34. The number of terminal acetylenes is 1. The van der Waals surface area contributed by atoms with E-state index in [1.54, 1.807) is 0 Å². The molecule has 0 aromatic heterocycles. The molecule has 3 unspecified atom stereocenters. The molecule has 0 saturated heterocycles. The van der Waals surface area contributed by atoms with Crippen LogP contribution in [-0.4, -0.2) is 0 Å². The molecule has 0 saturated carbocycles. The van der Waals surface area contributed by atoms with Gasteiger partial charge in [-0.3, -0.25) is 0 Å². The number of ether oxygens (including phenoxy) is 2. The first-order valence-corrected chi connectivity index (χ1v) is 10.0. The van der Waals surface area contributed by atoms with E-state index in [2.05, 4.69) is 68.5 Å². The molecule has 30 heavy (non-hydrogen) atoms. The normalized spacial score (nSPS) is 17.6. The van der Waals surface area contributed by atoms with Crippen LogP contribution < -0.4 is 0 Å². The number of fused-ring (bicyclic) bond motifs is 2. The Kier molecular flexibility index (Phi) is 5.46. The van der Waals surface area contributed by atoms with Crippen LogP contribution in [0.4, 0.5) is 0 Å². The summed E-state index contributed by atoms with van der Waals surface area (Å²) in [7, 11) is 0. The molecule has 3 atom stereocenters. The maximum absolute atomic E-state index is 6.05. The molecule has 0 amide bonds. The average Bonchev–Trinajstić information content (AvgIpc) is 2.80. The molecule has 0 radical (unpaired) electrons. The highest BCUT2D eigenvalue weighted by Gasteiger charge is 2.35. The Morgan fingerprint density at radius 1 is 0.933 bits per heavy atom. The van der Waals surface area contributed by atoms with E-state index in [4.69, 9.17) is 15.9 Å². The van der Waals surface area contributed by atoms with Crippen molar-refractivity contribution in [1.29, 1.82) is 0 Å². The van der Waals surface area contributed by atoms with Crippen LogP contribution in [0.15, 0.2) is 92.4 Å². The standard InChI is InChI=1S/C28H24O2/c1-5-20-17-24(27(29-6-2)21-13-9-8-10-14-21)26-19(4)22-15-11-12-16-23(22)28(30-7-3)25(26)18-20/h1,6-19,27-28H,2-3H2,4H3. The second kappa shape index (κ2) is 8.35. The van der Waals surface area contributed by atoms with Gasteiger partial charge in [-0.25, -0.2) is 0 Å².